The van der Waals surface area contributed by atoms with Crippen LogP contribution in [0.4, 0.5) is 15.8 Å². The Labute approximate surface area is 189 Å². The van der Waals surface area contributed by atoms with Crippen LogP contribution < -0.4 is 11.1 Å². The number of fused-ring (bicyclic) bond motifs is 2. The van der Waals surface area contributed by atoms with Gasteiger partial charge in [0.15, 0.2) is 0 Å². The largest absolute Gasteiger partial charge is 0.397 e. The molecule has 1 aliphatic rings. The zero-order valence-corrected chi connectivity index (χ0v) is 18.5. The number of nitrogens with zero attached hydrogens (tertiary/aromatic N) is 2. The number of pyridine rings is 1. The molecule has 0 bridgehead atoms. The van der Waals surface area contributed by atoms with Crippen LogP contribution in [0, 0.1) is 12.7 Å². The average Bonchev–Trinajstić information content (AvgIpc) is 3.12. The van der Waals surface area contributed by atoms with Crippen LogP contribution >= 0.6 is 11.3 Å². The van der Waals surface area contributed by atoms with Crippen LogP contribution in [0.3, 0.4) is 0 Å². The van der Waals surface area contributed by atoms with Crippen molar-refractivity contribution in [2.24, 2.45) is 0 Å². The molecule has 2 aromatic carbocycles. The third kappa shape index (κ3) is 3.85. The van der Waals surface area contributed by atoms with Crippen LogP contribution in [0.25, 0.3) is 10.2 Å². The first-order chi connectivity index (χ1) is 15.5. The minimum absolute atomic E-state index is 0.345. The van der Waals surface area contributed by atoms with E-state index in [2.05, 4.69) is 40.5 Å². The first kappa shape index (κ1) is 20.6. The van der Waals surface area contributed by atoms with Crippen molar-refractivity contribution in [3.8, 4) is 0 Å². The third-order valence-corrected chi connectivity index (χ3v) is 7.03. The van der Waals surface area contributed by atoms with E-state index in [0.717, 1.165) is 47.5 Å². The summed E-state index contributed by atoms with van der Waals surface area (Å²) in [6.07, 6.45) is 0.861. The molecule has 4 aromatic rings. The molecule has 5 nitrogen and oxygen atoms in total. The molecule has 0 aliphatic carbocycles. The van der Waals surface area contributed by atoms with Crippen LogP contribution in [-0.2, 0) is 19.5 Å². The van der Waals surface area contributed by atoms with Gasteiger partial charge in [0, 0.05) is 48.4 Å². The molecule has 2 aromatic heterocycles. The highest BCUT2D eigenvalue weighted by molar-refractivity contribution is 7.21. The van der Waals surface area contributed by atoms with Crippen LogP contribution in [0.2, 0.25) is 0 Å². The minimum Gasteiger partial charge on any atom is -0.397 e. The van der Waals surface area contributed by atoms with E-state index in [1.54, 1.807) is 19.1 Å². The van der Waals surface area contributed by atoms with E-state index in [4.69, 9.17) is 10.7 Å². The molecule has 0 saturated heterocycles. The van der Waals surface area contributed by atoms with Crippen molar-refractivity contribution >= 4 is 38.8 Å². The van der Waals surface area contributed by atoms with E-state index in [1.165, 1.54) is 23.0 Å². The fourth-order valence-corrected chi connectivity index (χ4v) is 5.11. The van der Waals surface area contributed by atoms with Gasteiger partial charge in [-0.1, -0.05) is 36.4 Å². The van der Waals surface area contributed by atoms with E-state index >= 15 is 0 Å². The van der Waals surface area contributed by atoms with E-state index < -0.39 is 0 Å². The summed E-state index contributed by atoms with van der Waals surface area (Å²) in [6.45, 7) is 4.26. The van der Waals surface area contributed by atoms with Crippen LogP contribution in [0.15, 0.2) is 54.6 Å². The molecule has 0 spiro atoms. The van der Waals surface area contributed by atoms with Gasteiger partial charge < -0.3 is 11.1 Å². The Morgan fingerprint density at radius 2 is 2.03 bits per heavy atom. The van der Waals surface area contributed by atoms with E-state index in [9.17, 15) is 9.18 Å². The van der Waals surface area contributed by atoms with Gasteiger partial charge in [0.1, 0.15) is 15.5 Å². The summed E-state index contributed by atoms with van der Waals surface area (Å²) in [7, 11) is 0. The number of amides is 1. The number of hydrogen-bond acceptors (Lipinski definition) is 5. The summed E-state index contributed by atoms with van der Waals surface area (Å²) in [5.41, 5.74) is 11.1. The highest BCUT2D eigenvalue weighted by Gasteiger charge is 2.23. The van der Waals surface area contributed by atoms with Crippen molar-refractivity contribution in [1.29, 1.82) is 0 Å². The lowest BCUT2D eigenvalue weighted by Gasteiger charge is -2.28. The van der Waals surface area contributed by atoms with Gasteiger partial charge in [0.05, 0.1) is 5.69 Å². The molecule has 0 saturated carbocycles. The molecule has 162 valence electrons. The first-order valence-corrected chi connectivity index (χ1v) is 11.3. The zero-order chi connectivity index (χ0) is 22.2. The number of halogens is 1. The molecule has 1 amide bonds. The lowest BCUT2D eigenvalue weighted by atomic mass is 10.0. The topological polar surface area (TPSA) is 71.2 Å². The smallest absolute Gasteiger partial charge is 0.267 e. The molecule has 5 rings (SSSR count). The van der Waals surface area contributed by atoms with E-state index in [0.29, 0.717) is 21.8 Å². The number of nitrogens with two attached hydrogens (primary N) is 1. The van der Waals surface area contributed by atoms with Gasteiger partial charge >= 0.3 is 0 Å². The second-order valence-electron chi connectivity index (χ2n) is 8.10. The Morgan fingerprint density at radius 1 is 1.22 bits per heavy atom. The number of nitrogen functional groups attached to an aromatic ring is 1. The highest BCUT2D eigenvalue weighted by atomic mass is 32.1. The van der Waals surface area contributed by atoms with Crippen molar-refractivity contribution in [3.63, 3.8) is 0 Å². The average molecular weight is 447 g/mol. The quantitative estimate of drug-likeness (QED) is 0.456. The van der Waals surface area contributed by atoms with Gasteiger partial charge in [-0.25, -0.2) is 9.37 Å². The summed E-state index contributed by atoms with van der Waals surface area (Å²) < 4.78 is 13.8. The van der Waals surface area contributed by atoms with Crippen LogP contribution in [-0.4, -0.2) is 22.3 Å². The Balaban J connectivity index is 1.41. The Morgan fingerprint density at radius 3 is 2.84 bits per heavy atom. The maximum absolute atomic E-state index is 13.8. The number of carbonyl (C=O) groups is 1. The number of carbonyl (C=O) groups excluding carboxylic acids is 1. The molecule has 3 N–H and O–H groups in total. The number of rotatable bonds is 4. The van der Waals surface area contributed by atoms with Gasteiger partial charge in [-0.3, -0.25) is 9.69 Å². The van der Waals surface area contributed by atoms with Gasteiger partial charge in [-0.2, -0.15) is 0 Å². The SMILES string of the molecule is Cc1c(F)cccc1NC(=O)c1sc2nc3c(cc2c1N)CN(Cc1ccccc1)CC3. The highest BCUT2D eigenvalue weighted by Crippen LogP contribution is 2.36. The Bertz CT molecular complexity index is 1320. The van der Waals surface area contributed by atoms with Crippen molar-refractivity contribution in [2.45, 2.75) is 26.4 Å². The lowest BCUT2D eigenvalue weighted by molar-refractivity contribution is 0.103. The van der Waals surface area contributed by atoms with Crippen LogP contribution in [0.5, 0.6) is 0 Å². The summed E-state index contributed by atoms with van der Waals surface area (Å²) in [6, 6.07) is 17.1. The monoisotopic (exact) mass is 446 g/mol. The fourth-order valence-electron chi connectivity index (χ4n) is 4.12. The summed E-state index contributed by atoms with van der Waals surface area (Å²) in [5.74, 6) is -0.704. The number of nitrogens with one attached hydrogen (secondary N) is 1. The number of anilines is 2. The molecular weight excluding hydrogens is 423 g/mol. The van der Waals surface area contributed by atoms with E-state index in [-0.39, 0.29) is 11.7 Å². The first-order valence-electron chi connectivity index (χ1n) is 10.5. The summed E-state index contributed by atoms with van der Waals surface area (Å²) in [4.78, 5) is 21.3. The van der Waals surface area contributed by atoms with Gasteiger partial charge in [-0.15, -0.1) is 11.3 Å². The third-order valence-electron chi connectivity index (χ3n) is 5.92. The number of thiophene rings is 1. The van der Waals surface area contributed by atoms with Crippen molar-refractivity contribution < 1.29 is 9.18 Å². The number of hydrogen-bond donors (Lipinski definition) is 2. The maximum Gasteiger partial charge on any atom is 0.267 e. The van der Waals surface area contributed by atoms with Gasteiger partial charge in [-0.05, 0) is 36.2 Å². The number of aromatic nitrogens is 1. The van der Waals surface area contributed by atoms with Crippen molar-refractivity contribution in [2.75, 3.05) is 17.6 Å². The van der Waals surface area contributed by atoms with Crippen molar-refractivity contribution in [1.82, 2.24) is 9.88 Å². The molecule has 7 heteroatoms. The molecule has 32 heavy (non-hydrogen) atoms. The second-order valence-corrected chi connectivity index (χ2v) is 9.10. The minimum atomic E-state index is -0.360. The molecule has 0 unspecified atom stereocenters. The summed E-state index contributed by atoms with van der Waals surface area (Å²) in [5, 5.41) is 3.59. The molecule has 1 aliphatic heterocycles. The predicted octanol–water partition coefficient (Wildman–Crippen LogP) is 5.14. The second kappa shape index (κ2) is 8.33. The fraction of sp³-hybridized carbons (Fsp3) is 0.200. The lowest BCUT2D eigenvalue weighted by Crippen LogP contribution is -2.30. The molecular formula is C25H23FN4OS. The maximum atomic E-state index is 13.8. The molecule has 3 heterocycles. The Hall–Kier alpha value is -3.29. The number of benzene rings is 2. The zero-order valence-electron chi connectivity index (χ0n) is 17.7. The molecule has 0 fully saturated rings. The van der Waals surface area contributed by atoms with Crippen LogP contribution in [0.1, 0.15) is 32.1 Å². The normalized spacial score (nSPS) is 13.8. The van der Waals surface area contributed by atoms with E-state index in [1.807, 2.05) is 6.07 Å². The molecule has 0 atom stereocenters. The van der Waals surface area contributed by atoms with Crippen molar-refractivity contribution in [3.05, 3.63) is 87.7 Å². The van der Waals surface area contributed by atoms with Gasteiger partial charge in [0.2, 0.25) is 0 Å². The summed E-state index contributed by atoms with van der Waals surface area (Å²) >= 11 is 1.28. The predicted molar refractivity (Wildman–Crippen MR) is 127 cm³/mol. The molecule has 0 radical (unpaired) electrons. The van der Waals surface area contributed by atoms with Gasteiger partial charge in [0.25, 0.3) is 5.91 Å². The Kier molecular flexibility index (Phi) is 5.36. The standard InChI is InChI=1S/C25H23FN4OS/c1-15-19(26)8-5-9-20(15)28-24(31)23-22(27)18-12-17-14-30(13-16-6-3-2-4-7-16)11-10-21(17)29-25(18)32-23/h2-9,12H,10-11,13-14,27H2,1H3,(H,28,31).